The topological polar surface area (TPSA) is 105 Å². The van der Waals surface area contributed by atoms with Gasteiger partial charge >= 0.3 is 0 Å². The third-order valence-electron chi connectivity index (χ3n) is 7.23. The van der Waals surface area contributed by atoms with Gasteiger partial charge in [-0.05, 0) is 41.0 Å². The molecule has 3 aromatic carbocycles. The number of benzene rings is 3. The second-order valence-electron chi connectivity index (χ2n) is 9.86. The zero-order chi connectivity index (χ0) is 29.5. The normalized spacial score (nSPS) is 13.3. The summed E-state index contributed by atoms with van der Waals surface area (Å²) in [6, 6.07) is 24.0. The Morgan fingerprint density at radius 1 is 0.905 bits per heavy atom. The molecule has 1 aliphatic heterocycles. The first-order chi connectivity index (χ1) is 20.5. The predicted octanol–water partition coefficient (Wildman–Crippen LogP) is 4.73. The molecule has 0 aliphatic carbocycles. The van der Waals surface area contributed by atoms with E-state index in [2.05, 4.69) is 11.0 Å². The lowest BCUT2D eigenvalue weighted by molar-refractivity contribution is 0.0619. The molecule has 42 heavy (non-hydrogen) atoms. The van der Waals surface area contributed by atoms with Crippen molar-refractivity contribution < 1.29 is 23.4 Å². The Balaban J connectivity index is 1.13. The molecule has 0 N–H and O–H groups in total. The van der Waals surface area contributed by atoms with E-state index in [1.54, 1.807) is 43.4 Å². The highest BCUT2D eigenvalue weighted by Gasteiger charge is 2.24. The van der Waals surface area contributed by atoms with Gasteiger partial charge in [-0.1, -0.05) is 42.5 Å². The molecule has 4 aromatic rings. The summed E-state index contributed by atoms with van der Waals surface area (Å²) in [5.74, 6) is 1.70. The van der Waals surface area contributed by atoms with Crippen LogP contribution in [0.3, 0.4) is 0 Å². The maximum absolute atomic E-state index is 13.0. The number of ether oxygens (including phenoxy) is 3. The number of hydrogen-bond acceptors (Lipinski definition) is 8. The smallest absolute Gasteiger partial charge is 0.254 e. The number of amides is 1. The average molecular weight is 566 g/mol. The molecule has 1 saturated heterocycles. The van der Waals surface area contributed by atoms with Crippen LogP contribution >= 0.6 is 0 Å². The monoisotopic (exact) mass is 565 g/mol. The number of carbonyl (C=O) groups is 1. The number of methoxy groups -OCH3 is 2. The molecule has 0 radical (unpaired) electrons. The Morgan fingerprint density at radius 2 is 1.64 bits per heavy atom. The largest absolute Gasteiger partial charge is 0.493 e. The van der Waals surface area contributed by atoms with Crippen LogP contribution in [0.4, 0.5) is 0 Å². The highest BCUT2D eigenvalue weighted by molar-refractivity contribution is 5.95. The van der Waals surface area contributed by atoms with Crippen molar-refractivity contribution in [2.24, 2.45) is 0 Å². The van der Waals surface area contributed by atoms with E-state index in [9.17, 15) is 14.9 Å². The van der Waals surface area contributed by atoms with E-state index in [4.69, 9.17) is 18.6 Å². The van der Waals surface area contributed by atoms with Crippen LogP contribution in [-0.2, 0) is 13.2 Å². The molecule has 214 valence electrons. The van der Waals surface area contributed by atoms with Gasteiger partial charge in [0.2, 0.25) is 11.2 Å². The van der Waals surface area contributed by atoms with E-state index in [1.165, 1.54) is 12.3 Å². The molecule has 0 atom stereocenters. The fraction of sp³-hybridized carbons (Fsp3) is 0.242. The van der Waals surface area contributed by atoms with Crippen molar-refractivity contribution >= 4 is 5.91 Å². The molecule has 1 aliphatic rings. The molecule has 0 bridgehead atoms. The van der Waals surface area contributed by atoms with E-state index in [0.717, 1.165) is 16.7 Å². The van der Waals surface area contributed by atoms with Crippen LogP contribution in [0, 0.1) is 11.3 Å². The van der Waals surface area contributed by atoms with Crippen LogP contribution in [0.5, 0.6) is 17.2 Å². The van der Waals surface area contributed by atoms with Crippen molar-refractivity contribution in [3.8, 4) is 34.4 Å². The highest BCUT2D eigenvalue weighted by Crippen LogP contribution is 2.28. The van der Waals surface area contributed by atoms with Crippen molar-refractivity contribution in [3.05, 3.63) is 112 Å². The van der Waals surface area contributed by atoms with E-state index in [-0.39, 0.29) is 23.7 Å². The molecular weight excluding hydrogens is 534 g/mol. The summed E-state index contributed by atoms with van der Waals surface area (Å²) in [4.78, 5) is 29.7. The first-order valence-corrected chi connectivity index (χ1v) is 13.6. The summed E-state index contributed by atoms with van der Waals surface area (Å²) < 4.78 is 22.0. The lowest BCUT2D eigenvalue weighted by atomic mass is 9.99. The first kappa shape index (κ1) is 28.5. The fourth-order valence-corrected chi connectivity index (χ4v) is 4.88. The maximum Gasteiger partial charge on any atom is 0.254 e. The van der Waals surface area contributed by atoms with Crippen molar-refractivity contribution in [1.29, 1.82) is 5.26 Å². The first-order valence-electron chi connectivity index (χ1n) is 13.6. The Kier molecular flexibility index (Phi) is 8.85. The second-order valence-corrected chi connectivity index (χ2v) is 9.86. The second kappa shape index (κ2) is 13.1. The Labute approximate surface area is 244 Å². The minimum atomic E-state index is -0.252. The molecule has 2 heterocycles. The Bertz CT molecular complexity index is 1650. The molecule has 9 nitrogen and oxygen atoms in total. The third-order valence-corrected chi connectivity index (χ3v) is 7.23. The van der Waals surface area contributed by atoms with Gasteiger partial charge in [0.15, 0.2) is 11.5 Å². The number of rotatable bonds is 9. The van der Waals surface area contributed by atoms with E-state index in [1.807, 2.05) is 42.5 Å². The van der Waals surface area contributed by atoms with Crippen molar-refractivity contribution in [1.82, 2.24) is 9.80 Å². The van der Waals surface area contributed by atoms with Gasteiger partial charge in [-0.3, -0.25) is 14.5 Å². The molecule has 0 spiro atoms. The summed E-state index contributed by atoms with van der Waals surface area (Å²) in [5.41, 5.74) is 3.60. The summed E-state index contributed by atoms with van der Waals surface area (Å²) in [6.07, 6.45) is 1.35. The summed E-state index contributed by atoms with van der Waals surface area (Å²) >= 11 is 0. The molecule has 1 fully saturated rings. The van der Waals surface area contributed by atoms with Gasteiger partial charge in [0.05, 0.1) is 32.4 Å². The maximum atomic E-state index is 13.0. The Morgan fingerprint density at radius 3 is 2.33 bits per heavy atom. The van der Waals surface area contributed by atoms with Crippen LogP contribution in [-0.4, -0.2) is 56.1 Å². The van der Waals surface area contributed by atoms with Crippen molar-refractivity contribution in [2.75, 3.05) is 40.4 Å². The van der Waals surface area contributed by atoms with Crippen LogP contribution in [0.15, 0.2) is 88.3 Å². The average Bonchev–Trinajstić information content (AvgIpc) is 3.04. The summed E-state index contributed by atoms with van der Waals surface area (Å²) in [5, 5.41) is 9.35. The number of hydrogen-bond donors (Lipinski definition) is 0. The molecular formula is C33H31N3O6. The van der Waals surface area contributed by atoms with E-state index < -0.39 is 0 Å². The van der Waals surface area contributed by atoms with E-state index in [0.29, 0.717) is 61.1 Å². The minimum absolute atomic E-state index is 0.0646. The fourth-order valence-electron chi connectivity index (χ4n) is 4.88. The number of nitriles is 1. The van der Waals surface area contributed by atoms with Gasteiger partial charge in [-0.2, -0.15) is 5.26 Å². The zero-order valence-corrected chi connectivity index (χ0v) is 23.5. The number of piperazine rings is 1. The molecule has 5 rings (SSSR count). The molecule has 1 amide bonds. The molecule has 0 saturated carbocycles. The van der Waals surface area contributed by atoms with Crippen LogP contribution in [0.1, 0.15) is 27.2 Å². The standard InChI is InChI=1S/C33H31N3O6/c1-39-30-12-11-25(17-31(30)40-2)33(38)36-15-13-35(14-16-36)20-27-18-29(37)32(22-41-27)42-21-23-7-9-24(10-8-23)28-6-4-3-5-26(28)19-34/h3-12,17-18,22H,13-16,20-21H2,1-2H3. The van der Waals surface area contributed by atoms with Gasteiger partial charge in [0.1, 0.15) is 18.6 Å². The highest BCUT2D eigenvalue weighted by atomic mass is 16.5. The van der Waals surface area contributed by atoms with E-state index >= 15 is 0 Å². The van der Waals surface area contributed by atoms with Crippen molar-refractivity contribution in [3.63, 3.8) is 0 Å². The van der Waals surface area contributed by atoms with Gasteiger partial charge in [-0.15, -0.1) is 0 Å². The lowest BCUT2D eigenvalue weighted by Gasteiger charge is -2.34. The minimum Gasteiger partial charge on any atom is -0.493 e. The van der Waals surface area contributed by atoms with Crippen LogP contribution < -0.4 is 19.6 Å². The Hall–Kier alpha value is -5.07. The SMILES string of the molecule is COc1ccc(C(=O)N2CCN(Cc3cc(=O)c(OCc4ccc(-c5ccccc5C#N)cc4)co3)CC2)cc1OC. The predicted molar refractivity (Wildman–Crippen MR) is 157 cm³/mol. The number of nitrogens with zero attached hydrogens (tertiary/aromatic N) is 3. The molecule has 9 heteroatoms. The molecule has 1 aromatic heterocycles. The quantitative estimate of drug-likeness (QED) is 0.287. The van der Waals surface area contributed by atoms with Crippen LogP contribution in [0.2, 0.25) is 0 Å². The van der Waals surface area contributed by atoms with Gasteiger partial charge in [0.25, 0.3) is 5.91 Å². The zero-order valence-electron chi connectivity index (χ0n) is 23.5. The lowest BCUT2D eigenvalue weighted by Crippen LogP contribution is -2.48. The van der Waals surface area contributed by atoms with Crippen LogP contribution in [0.25, 0.3) is 11.1 Å². The summed E-state index contributed by atoms with van der Waals surface area (Å²) in [7, 11) is 3.10. The van der Waals surface area contributed by atoms with Gasteiger partial charge in [-0.25, -0.2) is 0 Å². The third kappa shape index (κ3) is 6.45. The van der Waals surface area contributed by atoms with Gasteiger partial charge in [0, 0.05) is 37.8 Å². The number of carbonyl (C=O) groups excluding carboxylic acids is 1. The summed E-state index contributed by atoms with van der Waals surface area (Å²) in [6.45, 7) is 3.07. The van der Waals surface area contributed by atoms with Gasteiger partial charge < -0.3 is 23.5 Å². The molecule has 0 unspecified atom stereocenters. The van der Waals surface area contributed by atoms with Crippen molar-refractivity contribution in [2.45, 2.75) is 13.2 Å².